The molecule has 2 aliphatic heterocycles. The van der Waals surface area contributed by atoms with Crippen LogP contribution in [-0.4, -0.2) is 83.4 Å². The molecule has 2 atom stereocenters. The van der Waals surface area contributed by atoms with Crippen LogP contribution in [-0.2, 0) is 17.5 Å². The van der Waals surface area contributed by atoms with Gasteiger partial charge in [-0.3, -0.25) is 4.79 Å². The normalized spacial score (nSPS) is 20.4. The fourth-order valence-corrected chi connectivity index (χ4v) is 6.24. The molecule has 2 aromatic rings. The van der Waals surface area contributed by atoms with Crippen molar-refractivity contribution in [1.82, 2.24) is 14.7 Å². The molecular weight excluding hydrogens is 527 g/mol. The first-order valence-electron chi connectivity index (χ1n) is 13.3. The number of fused-ring (bicyclic) bond motifs is 1. The number of hydrogen-bond acceptors (Lipinski definition) is 5. The summed E-state index contributed by atoms with van der Waals surface area (Å²) in [4.78, 5) is 32.4. The lowest BCUT2D eigenvalue weighted by Gasteiger charge is -2.46. The van der Waals surface area contributed by atoms with E-state index in [-0.39, 0.29) is 75.0 Å². The highest BCUT2D eigenvalue weighted by atomic mass is 19.4. The largest absolute Gasteiger partial charge is 0.497 e. The zero-order chi connectivity index (χ0) is 29.2. The number of aliphatic hydroxyl groups excluding tert-OH is 2. The number of ether oxygens (including phenoxy) is 1. The molecule has 0 radical (unpaired) electrons. The molecule has 0 saturated carbocycles. The Morgan fingerprint density at radius 1 is 1.12 bits per heavy atom. The molecule has 2 N–H and O–H groups in total. The van der Waals surface area contributed by atoms with Gasteiger partial charge in [-0.05, 0) is 61.1 Å². The van der Waals surface area contributed by atoms with Crippen LogP contribution in [0.25, 0.3) is 0 Å². The number of benzene rings is 2. The number of hydrogen-bond donors (Lipinski definition) is 2. The molecule has 3 amide bonds. The molecule has 218 valence electrons. The van der Waals surface area contributed by atoms with E-state index in [1.54, 1.807) is 9.80 Å². The van der Waals surface area contributed by atoms with Crippen molar-refractivity contribution in [2.24, 2.45) is 5.41 Å². The minimum atomic E-state index is -4.57. The SMILES string of the molecule is COc1cc(CN(C)C(=O)N2CCN3C(=O)C(CCO)(CCO)CC3C2c2ccccc2C)cc(C(F)(F)F)c1. The Morgan fingerprint density at radius 2 is 1.80 bits per heavy atom. The second-order valence-electron chi connectivity index (χ2n) is 10.7. The van der Waals surface area contributed by atoms with Crippen LogP contribution >= 0.6 is 0 Å². The molecular formula is C29H36F3N3O5. The van der Waals surface area contributed by atoms with Gasteiger partial charge in [0.25, 0.3) is 0 Å². The number of piperazine rings is 1. The molecule has 0 bridgehead atoms. The number of alkyl halides is 3. The summed E-state index contributed by atoms with van der Waals surface area (Å²) in [5.41, 5.74) is 0.300. The van der Waals surface area contributed by atoms with Crippen molar-refractivity contribution >= 4 is 11.9 Å². The van der Waals surface area contributed by atoms with Crippen LogP contribution in [0.4, 0.5) is 18.0 Å². The topological polar surface area (TPSA) is 93.6 Å². The first-order chi connectivity index (χ1) is 19.0. The molecule has 0 aromatic heterocycles. The van der Waals surface area contributed by atoms with Gasteiger partial charge in [-0.2, -0.15) is 13.2 Å². The maximum absolute atomic E-state index is 13.9. The molecule has 2 aromatic carbocycles. The number of rotatable bonds is 8. The van der Waals surface area contributed by atoms with E-state index >= 15 is 0 Å². The Balaban J connectivity index is 1.68. The van der Waals surface area contributed by atoms with Gasteiger partial charge in [-0.1, -0.05) is 24.3 Å². The number of methoxy groups -OCH3 is 1. The minimum Gasteiger partial charge on any atom is -0.497 e. The van der Waals surface area contributed by atoms with Gasteiger partial charge >= 0.3 is 12.2 Å². The van der Waals surface area contributed by atoms with Gasteiger partial charge in [-0.15, -0.1) is 0 Å². The maximum atomic E-state index is 13.9. The fourth-order valence-electron chi connectivity index (χ4n) is 6.24. The highest BCUT2D eigenvalue weighted by Gasteiger charge is 2.56. The van der Waals surface area contributed by atoms with E-state index in [1.807, 2.05) is 31.2 Å². The molecule has 11 heteroatoms. The van der Waals surface area contributed by atoms with E-state index in [1.165, 1.54) is 25.1 Å². The third kappa shape index (κ3) is 5.62. The van der Waals surface area contributed by atoms with Crippen molar-refractivity contribution in [1.29, 1.82) is 0 Å². The molecule has 0 aliphatic carbocycles. The zero-order valence-electron chi connectivity index (χ0n) is 22.9. The van der Waals surface area contributed by atoms with Crippen molar-refractivity contribution in [3.8, 4) is 5.75 Å². The van der Waals surface area contributed by atoms with E-state index in [0.29, 0.717) is 6.42 Å². The molecule has 0 spiro atoms. The van der Waals surface area contributed by atoms with Crippen LogP contribution in [0, 0.1) is 12.3 Å². The number of carbonyl (C=O) groups excluding carboxylic acids is 2. The summed E-state index contributed by atoms with van der Waals surface area (Å²) in [6.45, 7) is 1.95. The highest BCUT2D eigenvalue weighted by Crippen LogP contribution is 2.49. The molecule has 2 saturated heterocycles. The standard InChI is InChI=1S/C29H36F3N3O5/c1-19-6-4-5-7-23(19)25-24-17-28(8-12-36,9-13-37)26(38)34(24)10-11-35(25)27(39)33(2)18-20-14-21(29(30,31)32)16-22(15-20)40-3/h4-7,14-16,24-25,36-37H,8-13,17-18H2,1-3H3. The lowest BCUT2D eigenvalue weighted by atomic mass is 9.77. The molecule has 2 unspecified atom stereocenters. The van der Waals surface area contributed by atoms with Crippen molar-refractivity contribution < 1.29 is 37.7 Å². The number of nitrogens with zero attached hydrogens (tertiary/aromatic N) is 3. The third-order valence-electron chi connectivity index (χ3n) is 8.21. The summed E-state index contributed by atoms with van der Waals surface area (Å²) in [6.07, 6.45) is -3.77. The van der Waals surface area contributed by atoms with Gasteiger partial charge < -0.3 is 29.6 Å². The third-order valence-corrected chi connectivity index (χ3v) is 8.21. The van der Waals surface area contributed by atoms with Crippen LogP contribution in [0.15, 0.2) is 42.5 Å². The summed E-state index contributed by atoms with van der Waals surface area (Å²) in [5, 5.41) is 19.5. The predicted molar refractivity (Wildman–Crippen MR) is 141 cm³/mol. The molecule has 4 rings (SSSR count). The van der Waals surface area contributed by atoms with Gasteiger partial charge in [0.1, 0.15) is 5.75 Å². The van der Waals surface area contributed by atoms with Gasteiger partial charge in [0.15, 0.2) is 0 Å². The van der Waals surface area contributed by atoms with Crippen molar-refractivity contribution in [2.75, 3.05) is 40.5 Å². The van der Waals surface area contributed by atoms with E-state index in [4.69, 9.17) is 4.74 Å². The van der Waals surface area contributed by atoms with Gasteiger partial charge in [0, 0.05) is 39.9 Å². The summed E-state index contributed by atoms with van der Waals surface area (Å²) in [7, 11) is 2.83. The number of halogens is 3. The Morgan fingerprint density at radius 3 is 2.40 bits per heavy atom. The number of aliphatic hydroxyl groups is 2. The van der Waals surface area contributed by atoms with Crippen LogP contribution < -0.4 is 4.74 Å². The fraction of sp³-hybridized carbons (Fsp3) is 0.517. The summed E-state index contributed by atoms with van der Waals surface area (Å²) in [5.74, 6) is -0.0821. The lowest BCUT2D eigenvalue weighted by Crippen LogP contribution is -2.57. The minimum absolute atomic E-state index is 0.0469. The average molecular weight is 564 g/mol. The molecule has 40 heavy (non-hydrogen) atoms. The predicted octanol–water partition coefficient (Wildman–Crippen LogP) is 3.98. The number of carbonyl (C=O) groups is 2. The van der Waals surface area contributed by atoms with E-state index in [0.717, 1.165) is 23.3 Å². The molecule has 2 heterocycles. The number of aryl methyl sites for hydroxylation is 1. The smallest absolute Gasteiger partial charge is 0.416 e. The Hall–Kier alpha value is -3.31. The van der Waals surface area contributed by atoms with Crippen molar-refractivity contribution in [2.45, 2.75) is 51.0 Å². The molecule has 8 nitrogen and oxygen atoms in total. The molecule has 2 aliphatic rings. The van der Waals surface area contributed by atoms with Crippen molar-refractivity contribution in [3.05, 3.63) is 64.7 Å². The van der Waals surface area contributed by atoms with Gasteiger partial charge in [0.05, 0.1) is 30.2 Å². The Bertz CT molecular complexity index is 1230. The van der Waals surface area contributed by atoms with E-state index < -0.39 is 23.2 Å². The number of urea groups is 1. The van der Waals surface area contributed by atoms with Crippen LogP contribution in [0.3, 0.4) is 0 Å². The van der Waals surface area contributed by atoms with Crippen LogP contribution in [0.1, 0.15) is 47.6 Å². The van der Waals surface area contributed by atoms with Crippen molar-refractivity contribution in [3.63, 3.8) is 0 Å². The van der Waals surface area contributed by atoms with Crippen LogP contribution in [0.2, 0.25) is 0 Å². The summed E-state index contributed by atoms with van der Waals surface area (Å²) in [6, 6.07) is 9.75. The monoisotopic (exact) mass is 563 g/mol. The summed E-state index contributed by atoms with van der Waals surface area (Å²) < 4.78 is 45.5. The van der Waals surface area contributed by atoms with E-state index in [2.05, 4.69) is 0 Å². The average Bonchev–Trinajstić information content (AvgIpc) is 3.18. The molecule has 2 fully saturated rings. The Kier molecular flexibility index (Phi) is 8.65. The quantitative estimate of drug-likeness (QED) is 0.507. The Labute approximate surface area is 231 Å². The maximum Gasteiger partial charge on any atom is 0.416 e. The van der Waals surface area contributed by atoms with Gasteiger partial charge in [-0.25, -0.2) is 4.79 Å². The second-order valence-corrected chi connectivity index (χ2v) is 10.7. The highest BCUT2D eigenvalue weighted by molar-refractivity contribution is 5.86. The first-order valence-corrected chi connectivity index (χ1v) is 13.3. The lowest BCUT2D eigenvalue weighted by molar-refractivity contribution is -0.140. The number of amides is 3. The van der Waals surface area contributed by atoms with Crippen LogP contribution in [0.5, 0.6) is 5.75 Å². The second kappa shape index (κ2) is 11.7. The summed E-state index contributed by atoms with van der Waals surface area (Å²) >= 11 is 0. The van der Waals surface area contributed by atoms with E-state index in [9.17, 15) is 33.0 Å². The van der Waals surface area contributed by atoms with Gasteiger partial charge in [0.2, 0.25) is 5.91 Å². The first kappa shape index (κ1) is 29.7. The zero-order valence-corrected chi connectivity index (χ0v) is 22.9.